The third-order valence-electron chi connectivity index (χ3n) is 3.59. The minimum absolute atomic E-state index is 0.137. The van der Waals surface area contributed by atoms with E-state index in [9.17, 15) is 13.2 Å². The molecular formula is C12H16F3N3. The molecule has 0 bridgehead atoms. The maximum absolute atomic E-state index is 12.6. The van der Waals surface area contributed by atoms with Gasteiger partial charge in [0.05, 0.1) is 12.1 Å². The summed E-state index contributed by atoms with van der Waals surface area (Å²) in [4.78, 5) is 1.90. The Balaban J connectivity index is 2.08. The Morgan fingerprint density at radius 1 is 1.22 bits per heavy atom. The van der Waals surface area contributed by atoms with Crippen LogP contribution >= 0.6 is 0 Å². The molecule has 1 fully saturated rings. The topological polar surface area (TPSA) is 29.0 Å². The smallest absolute Gasteiger partial charge is 0.355 e. The summed E-state index contributed by atoms with van der Waals surface area (Å²) in [5.41, 5.74) is 2.01. The zero-order valence-corrected chi connectivity index (χ0v) is 10.5. The van der Waals surface area contributed by atoms with E-state index in [1.54, 1.807) is 6.20 Å². The number of nitrogens with zero attached hydrogens (tertiary/aromatic N) is 3. The van der Waals surface area contributed by atoms with Gasteiger partial charge in [-0.25, -0.2) is 0 Å². The molecule has 0 N–H and O–H groups in total. The summed E-state index contributed by atoms with van der Waals surface area (Å²) in [7, 11) is 0. The number of hydrogen-bond donors (Lipinski definition) is 0. The van der Waals surface area contributed by atoms with Crippen molar-refractivity contribution in [3.8, 4) is 0 Å². The van der Waals surface area contributed by atoms with Crippen LogP contribution in [0.5, 0.6) is 0 Å². The lowest BCUT2D eigenvalue weighted by atomic mass is 9.96. The number of alkyl halides is 3. The summed E-state index contributed by atoms with van der Waals surface area (Å²) in [6.07, 6.45) is -2.13. The molecule has 2 heterocycles. The molecule has 0 aliphatic carbocycles. The molecular weight excluding hydrogens is 243 g/mol. The fourth-order valence-corrected chi connectivity index (χ4v) is 2.24. The standard InChI is InChI=1S/C12H16F3N3/c1-8-7-16-17-11(9(8)2)18-5-3-10(4-6-18)12(13,14)15/h7,10H,3-6H2,1-2H3. The van der Waals surface area contributed by atoms with Gasteiger partial charge in [0.2, 0.25) is 0 Å². The van der Waals surface area contributed by atoms with Crippen molar-refractivity contribution in [3.05, 3.63) is 17.3 Å². The second-order valence-corrected chi connectivity index (χ2v) is 4.78. The van der Waals surface area contributed by atoms with E-state index in [1.165, 1.54) is 0 Å². The van der Waals surface area contributed by atoms with E-state index in [2.05, 4.69) is 10.2 Å². The van der Waals surface area contributed by atoms with Crippen LogP contribution in [-0.4, -0.2) is 29.5 Å². The highest BCUT2D eigenvalue weighted by molar-refractivity contribution is 5.48. The SMILES string of the molecule is Cc1cnnc(N2CCC(C(F)(F)F)CC2)c1C. The minimum Gasteiger partial charge on any atom is -0.355 e. The lowest BCUT2D eigenvalue weighted by molar-refractivity contribution is -0.179. The van der Waals surface area contributed by atoms with Crippen LogP contribution in [0.1, 0.15) is 24.0 Å². The van der Waals surface area contributed by atoms with Gasteiger partial charge in [-0.3, -0.25) is 0 Å². The predicted molar refractivity (Wildman–Crippen MR) is 62.5 cm³/mol. The Bertz CT molecular complexity index is 423. The third-order valence-corrected chi connectivity index (χ3v) is 3.59. The first kappa shape index (κ1) is 13.1. The highest BCUT2D eigenvalue weighted by Crippen LogP contribution is 2.35. The lowest BCUT2D eigenvalue weighted by Crippen LogP contribution is -2.39. The number of aromatic nitrogens is 2. The molecule has 0 atom stereocenters. The van der Waals surface area contributed by atoms with Gasteiger partial charge >= 0.3 is 6.18 Å². The molecule has 2 rings (SSSR count). The van der Waals surface area contributed by atoms with Gasteiger partial charge in [0.15, 0.2) is 5.82 Å². The Kier molecular flexibility index (Phi) is 3.45. The molecule has 0 aromatic carbocycles. The third kappa shape index (κ3) is 2.57. The van der Waals surface area contributed by atoms with E-state index in [-0.39, 0.29) is 12.8 Å². The van der Waals surface area contributed by atoms with Gasteiger partial charge in [-0.05, 0) is 37.8 Å². The highest BCUT2D eigenvalue weighted by Gasteiger charge is 2.41. The van der Waals surface area contributed by atoms with Crippen LogP contribution < -0.4 is 4.90 Å². The van der Waals surface area contributed by atoms with E-state index in [0.29, 0.717) is 13.1 Å². The number of aryl methyl sites for hydroxylation is 1. The number of anilines is 1. The maximum Gasteiger partial charge on any atom is 0.391 e. The summed E-state index contributed by atoms with van der Waals surface area (Å²) in [6, 6.07) is 0. The van der Waals surface area contributed by atoms with Crippen molar-refractivity contribution >= 4 is 5.82 Å². The Morgan fingerprint density at radius 3 is 2.39 bits per heavy atom. The van der Waals surface area contributed by atoms with E-state index in [4.69, 9.17) is 0 Å². The molecule has 0 saturated carbocycles. The summed E-state index contributed by atoms with van der Waals surface area (Å²) in [6.45, 7) is 4.64. The molecule has 100 valence electrons. The van der Waals surface area contributed by atoms with Crippen LogP contribution in [0.15, 0.2) is 6.20 Å². The van der Waals surface area contributed by atoms with Crippen molar-refractivity contribution in [3.63, 3.8) is 0 Å². The quantitative estimate of drug-likeness (QED) is 0.776. The summed E-state index contributed by atoms with van der Waals surface area (Å²) in [5.74, 6) is -0.456. The Morgan fingerprint density at radius 2 is 1.83 bits per heavy atom. The van der Waals surface area contributed by atoms with E-state index in [0.717, 1.165) is 16.9 Å². The number of hydrogen-bond acceptors (Lipinski definition) is 3. The average molecular weight is 259 g/mol. The molecule has 0 radical (unpaired) electrons. The fourth-order valence-electron chi connectivity index (χ4n) is 2.24. The van der Waals surface area contributed by atoms with Crippen LogP contribution in [-0.2, 0) is 0 Å². The normalized spacial score (nSPS) is 18.2. The highest BCUT2D eigenvalue weighted by atomic mass is 19.4. The van der Waals surface area contributed by atoms with Gasteiger partial charge in [0, 0.05) is 13.1 Å². The van der Waals surface area contributed by atoms with Crippen LogP contribution in [0.3, 0.4) is 0 Å². The Labute approximate surface area is 104 Å². The summed E-state index contributed by atoms with van der Waals surface area (Å²) in [5, 5.41) is 7.92. The van der Waals surface area contributed by atoms with Crippen molar-refractivity contribution < 1.29 is 13.2 Å². The van der Waals surface area contributed by atoms with Gasteiger partial charge in [-0.2, -0.15) is 18.3 Å². The molecule has 0 amide bonds. The van der Waals surface area contributed by atoms with Crippen LogP contribution in [0, 0.1) is 19.8 Å². The largest absolute Gasteiger partial charge is 0.391 e. The molecule has 0 spiro atoms. The zero-order chi connectivity index (χ0) is 13.3. The summed E-state index contributed by atoms with van der Waals surface area (Å²) >= 11 is 0. The maximum atomic E-state index is 12.6. The number of halogens is 3. The number of rotatable bonds is 1. The molecule has 1 aromatic rings. The van der Waals surface area contributed by atoms with Gasteiger partial charge in [0.25, 0.3) is 0 Å². The van der Waals surface area contributed by atoms with Crippen LogP contribution in [0.25, 0.3) is 0 Å². The Hall–Kier alpha value is -1.33. The van der Waals surface area contributed by atoms with Crippen molar-refractivity contribution in [2.24, 2.45) is 5.92 Å². The van der Waals surface area contributed by atoms with Crippen LogP contribution in [0.2, 0.25) is 0 Å². The minimum atomic E-state index is -4.07. The first-order valence-corrected chi connectivity index (χ1v) is 6.00. The van der Waals surface area contributed by atoms with Gasteiger partial charge in [-0.15, -0.1) is 5.10 Å². The first-order chi connectivity index (χ1) is 8.39. The molecule has 1 aromatic heterocycles. The van der Waals surface area contributed by atoms with Gasteiger partial charge in [-0.1, -0.05) is 0 Å². The molecule has 1 aliphatic rings. The second kappa shape index (κ2) is 4.74. The molecule has 0 unspecified atom stereocenters. The second-order valence-electron chi connectivity index (χ2n) is 4.78. The zero-order valence-electron chi connectivity index (χ0n) is 10.5. The van der Waals surface area contributed by atoms with Gasteiger partial charge < -0.3 is 4.90 Å². The molecule has 1 saturated heterocycles. The van der Waals surface area contributed by atoms with E-state index in [1.807, 2.05) is 18.7 Å². The number of piperidine rings is 1. The summed E-state index contributed by atoms with van der Waals surface area (Å²) < 4.78 is 37.7. The lowest BCUT2D eigenvalue weighted by Gasteiger charge is -2.34. The van der Waals surface area contributed by atoms with Crippen LogP contribution in [0.4, 0.5) is 19.0 Å². The predicted octanol–water partition coefficient (Wildman–Crippen LogP) is 2.87. The molecule has 6 heteroatoms. The van der Waals surface area contributed by atoms with E-state index < -0.39 is 12.1 Å². The molecule has 18 heavy (non-hydrogen) atoms. The van der Waals surface area contributed by atoms with Crippen molar-refractivity contribution in [2.75, 3.05) is 18.0 Å². The monoisotopic (exact) mass is 259 g/mol. The molecule has 1 aliphatic heterocycles. The van der Waals surface area contributed by atoms with Crippen molar-refractivity contribution in [2.45, 2.75) is 32.9 Å². The average Bonchev–Trinajstić information content (AvgIpc) is 2.32. The van der Waals surface area contributed by atoms with Crippen molar-refractivity contribution in [1.82, 2.24) is 10.2 Å². The van der Waals surface area contributed by atoms with Crippen molar-refractivity contribution in [1.29, 1.82) is 0 Å². The first-order valence-electron chi connectivity index (χ1n) is 6.00. The molecule has 3 nitrogen and oxygen atoms in total. The van der Waals surface area contributed by atoms with E-state index >= 15 is 0 Å². The van der Waals surface area contributed by atoms with Gasteiger partial charge in [0.1, 0.15) is 0 Å². The fraction of sp³-hybridized carbons (Fsp3) is 0.667.